The van der Waals surface area contributed by atoms with Crippen molar-refractivity contribution in [2.45, 2.75) is 13.5 Å². The van der Waals surface area contributed by atoms with Crippen molar-refractivity contribution in [2.24, 2.45) is 0 Å². The van der Waals surface area contributed by atoms with Crippen molar-refractivity contribution in [2.75, 3.05) is 5.32 Å². The Labute approximate surface area is 127 Å². The van der Waals surface area contributed by atoms with Gasteiger partial charge in [0, 0.05) is 11.9 Å². The summed E-state index contributed by atoms with van der Waals surface area (Å²) in [7, 11) is 0. The van der Waals surface area contributed by atoms with E-state index < -0.39 is 5.82 Å². The summed E-state index contributed by atoms with van der Waals surface area (Å²) in [4.78, 5) is 4.61. The van der Waals surface area contributed by atoms with Crippen LogP contribution in [0.15, 0.2) is 48.5 Å². The third-order valence-electron chi connectivity index (χ3n) is 3.36. The van der Waals surface area contributed by atoms with Gasteiger partial charge in [0.2, 0.25) is 0 Å². The molecule has 0 aliphatic carbocycles. The highest BCUT2D eigenvalue weighted by Gasteiger charge is 2.05. The molecule has 0 saturated carbocycles. The molecule has 1 N–H and O–H groups in total. The van der Waals surface area contributed by atoms with E-state index in [9.17, 15) is 4.39 Å². The van der Waals surface area contributed by atoms with E-state index in [0.29, 0.717) is 6.54 Å². The van der Waals surface area contributed by atoms with Crippen LogP contribution in [0.4, 0.5) is 10.2 Å². The van der Waals surface area contributed by atoms with Crippen LogP contribution in [0.2, 0.25) is 5.02 Å². The van der Waals surface area contributed by atoms with Gasteiger partial charge in [-0.15, -0.1) is 0 Å². The zero-order valence-electron chi connectivity index (χ0n) is 11.5. The summed E-state index contributed by atoms with van der Waals surface area (Å²) in [6.07, 6.45) is 0. The van der Waals surface area contributed by atoms with E-state index in [2.05, 4.69) is 16.4 Å². The fourth-order valence-electron chi connectivity index (χ4n) is 2.24. The normalized spacial score (nSPS) is 10.8. The maximum Gasteiger partial charge on any atom is 0.141 e. The van der Waals surface area contributed by atoms with Gasteiger partial charge in [-0.05, 0) is 42.3 Å². The van der Waals surface area contributed by atoms with Gasteiger partial charge in [0.15, 0.2) is 0 Å². The van der Waals surface area contributed by atoms with Gasteiger partial charge >= 0.3 is 0 Å². The number of hydrogen-bond donors (Lipinski definition) is 1. The lowest BCUT2D eigenvalue weighted by atomic mass is 10.1. The second-order valence-electron chi connectivity index (χ2n) is 4.95. The van der Waals surface area contributed by atoms with Gasteiger partial charge < -0.3 is 5.32 Å². The predicted octanol–water partition coefficient (Wildman–Crippen LogP) is 4.95. The van der Waals surface area contributed by atoms with Crippen LogP contribution in [0.3, 0.4) is 0 Å². The number of nitrogens with zero attached hydrogens (tertiary/aromatic N) is 1. The third-order valence-corrected chi connectivity index (χ3v) is 3.65. The molecule has 0 atom stereocenters. The molecular formula is C17H14ClFN2. The monoisotopic (exact) mass is 300 g/mol. The molecule has 3 aromatic rings. The lowest BCUT2D eigenvalue weighted by Gasteiger charge is -2.10. The van der Waals surface area contributed by atoms with Crippen LogP contribution >= 0.6 is 11.6 Å². The number of halogens is 2. The molecule has 1 heterocycles. The number of pyridine rings is 1. The standard InChI is InChI=1S/C17H14ClFN2/c1-11-8-13-4-2-3-5-16(13)21-17(11)20-10-12-6-7-15(19)14(18)9-12/h2-9H,10H2,1H3,(H,20,21). The number of anilines is 1. The molecule has 21 heavy (non-hydrogen) atoms. The molecule has 0 fully saturated rings. The number of nitrogens with one attached hydrogen (secondary N) is 1. The number of benzene rings is 2. The predicted molar refractivity (Wildman–Crippen MR) is 85.2 cm³/mol. The zero-order valence-corrected chi connectivity index (χ0v) is 12.3. The number of aryl methyl sites for hydroxylation is 1. The van der Waals surface area contributed by atoms with Gasteiger partial charge in [0.05, 0.1) is 10.5 Å². The van der Waals surface area contributed by atoms with E-state index in [4.69, 9.17) is 11.6 Å². The van der Waals surface area contributed by atoms with Crippen molar-refractivity contribution in [3.05, 3.63) is 70.5 Å². The summed E-state index contributed by atoms with van der Waals surface area (Å²) in [5.41, 5.74) is 2.93. The molecule has 0 radical (unpaired) electrons. The number of fused-ring (bicyclic) bond motifs is 1. The lowest BCUT2D eigenvalue weighted by Crippen LogP contribution is -2.03. The average molecular weight is 301 g/mol. The number of hydrogen-bond acceptors (Lipinski definition) is 2. The Kier molecular flexibility index (Phi) is 3.76. The topological polar surface area (TPSA) is 24.9 Å². The van der Waals surface area contributed by atoms with Gasteiger partial charge in [-0.25, -0.2) is 9.37 Å². The Morgan fingerprint density at radius 1 is 1.14 bits per heavy atom. The van der Waals surface area contributed by atoms with Crippen LogP contribution in [0.25, 0.3) is 10.9 Å². The maximum atomic E-state index is 13.1. The Hall–Kier alpha value is -2.13. The Bertz CT molecular complexity index is 802. The van der Waals surface area contributed by atoms with Crippen molar-refractivity contribution in [3.8, 4) is 0 Å². The summed E-state index contributed by atoms with van der Waals surface area (Å²) in [5.74, 6) is 0.426. The molecule has 0 bridgehead atoms. The first-order chi connectivity index (χ1) is 10.1. The summed E-state index contributed by atoms with van der Waals surface area (Å²) in [6.45, 7) is 2.56. The highest BCUT2D eigenvalue weighted by molar-refractivity contribution is 6.30. The molecule has 2 aromatic carbocycles. The largest absolute Gasteiger partial charge is 0.366 e. The van der Waals surface area contributed by atoms with E-state index in [1.165, 1.54) is 6.07 Å². The molecule has 1 aromatic heterocycles. The number of rotatable bonds is 3. The minimum absolute atomic E-state index is 0.137. The smallest absolute Gasteiger partial charge is 0.141 e. The molecule has 4 heteroatoms. The number of para-hydroxylation sites is 1. The van der Waals surface area contributed by atoms with Gasteiger partial charge in [-0.1, -0.05) is 35.9 Å². The summed E-state index contributed by atoms with van der Waals surface area (Å²) >= 11 is 5.79. The highest BCUT2D eigenvalue weighted by atomic mass is 35.5. The van der Waals surface area contributed by atoms with Crippen molar-refractivity contribution in [3.63, 3.8) is 0 Å². The van der Waals surface area contributed by atoms with Gasteiger partial charge in [-0.2, -0.15) is 0 Å². The van der Waals surface area contributed by atoms with Crippen LogP contribution in [0.5, 0.6) is 0 Å². The first-order valence-electron chi connectivity index (χ1n) is 6.68. The second kappa shape index (κ2) is 5.70. The minimum atomic E-state index is -0.402. The van der Waals surface area contributed by atoms with Gasteiger partial charge in [-0.3, -0.25) is 0 Å². The van der Waals surface area contributed by atoms with E-state index >= 15 is 0 Å². The van der Waals surface area contributed by atoms with Gasteiger partial charge in [0.1, 0.15) is 11.6 Å². The Morgan fingerprint density at radius 2 is 1.95 bits per heavy atom. The number of aromatic nitrogens is 1. The third kappa shape index (κ3) is 2.98. The van der Waals surface area contributed by atoms with Gasteiger partial charge in [0.25, 0.3) is 0 Å². The average Bonchev–Trinajstić information content (AvgIpc) is 2.48. The molecular weight excluding hydrogens is 287 g/mol. The van der Waals surface area contributed by atoms with Crippen molar-refractivity contribution in [1.82, 2.24) is 4.98 Å². The zero-order chi connectivity index (χ0) is 14.8. The second-order valence-corrected chi connectivity index (χ2v) is 5.36. The van der Waals surface area contributed by atoms with E-state index in [-0.39, 0.29) is 5.02 Å². The first-order valence-corrected chi connectivity index (χ1v) is 7.05. The summed E-state index contributed by atoms with van der Waals surface area (Å²) in [6, 6.07) is 14.8. The van der Waals surface area contributed by atoms with E-state index in [0.717, 1.165) is 27.8 Å². The molecule has 0 amide bonds. The van der Waals surface area contributed by atoms with Crippen LogP contribution in [0.1, 0.15) is 11.1 Å². The first kappa shape index (κ1) is 13.8. The molecule has 3 rings (SSSR count). The van der Waals surface area contributed by atoms with E-state index in [1.54, 1.807) is 12.1 Å². The lowest BCUT2D eigenvalue weighted by molar-refractivity contribution is 0.627. The summed E-state index contributed by atoms with van der Waals surface area (Å²) < 4.78 is 13.1. The molecule has 0 spiro atoms. The fraction of sp³-hybridized carbons (Fsp3) is 0.118. The van der Waals surface area contributed by atoms with Crippen molar-refractivity contribution >= 4 is 28.3 Å². The molecule has 0 aliphatic rings. The molecule has 0 aliphatic heterocycles. The van der Waals surface area contributed by atoms with Crippen LogP contribution in [0, 0.1) is 12.7 Å². The van der Waals surface area contributed by atoms with Crippen LogP contribution in [-0.2, 0) is 6.54 Å². The molecule has 106 valence electrons. The van der Waals surface area contributed by atoms with Crippen LogP contribution in [-0.4, -0.2) is 4.98 Å². The maximum absolute atomic E-state index is 13.1. The van der Waals surface area contributed by atoms with Crippen LogP contribution < -0.4 is 5.32 Å². The molecule has 0 saturated heterocycles. The highest BCUT2D eigenvalue weighted by Crippen LogP contribution is 2.21. The summed E-state index contributed by atoms with van der Waals surface area (Å²) in [5, 5.41) is 4.53. The fourth-order valence-corrected chi connectivity index (χ4v) is 2.44. The molecule has 0 unspecified atom stereocenters. The van der Waals surface area contributed by atoms with Crippen molar-refractivity contribution in [1.29, 1.82) is 0 Å². The Morgan fingerprint density at radius 3 is 2.76 bits per heavy atom. The Balaban J connectivity index is 1.84. The molecule has 2 nitrogen and oxygen atoms in total. The van der Waals surface area contributed by atoms with E-state index in [1.807, 2.05) is 31.2 Å². The minimum Gasteiger partial charge on any atom is -0.366 e. The van der Waals surface area contributed by atoms with Crippen molar-refractivity contribution < 1.29 is 4.39 Å². The quantitative estimate of drug-likeness (QED) is 0.740. The SMILES string of the molecule is Cc1cc2ccccc2nc1NCc1ccc(F)c(Cl)c1.